The zero-order valence-corrected chi connectivity index (χ0v) is 14.1. The molecule has 0 spiro atoms. The van der Waals surface area contributed by atoms with Gasteiger partial charge in [0.05, 0.1) is 10.5 Å². The largest absolute Gasteiger partial charge is 0.352 e. The molecule has 1 fully saturated rings. The van der Waals surface area contributed by atoms with E-state index >= 15 is 0 Å². The van der Waals surface area contributed by atoms with E-state index in [2.05, 4.69) is 12.2 Å². The van der Waals surface area contributed by atoms with Crippen LogP contribution >= 0.6 is 22.6 Å². The Morgan fingerprint density at radius 1 is 1.38 bits per heavy atom. The molecule has 6 heteroatoms. The third-order valence-corrected chi connectivity index (χ3v) is 5.03. The van der Waals surface area contributed by atoms with Gasteiger partial charge in [-0.25, -0.2) is 0 Å². The van der Waals surface area contributed by atoms with Gasteiger partial charge in [0, 0.05) is 22.2 Å². The van der Waals surface area contributed by atoms with Crippen LogP contribution in [0, 0.1) is 25.5 Å². The van der Waals surface area contributed by atoms with Gasteiger partial charge in [0.25, 0.3) is 11.6 Å². The molecule has 1 aliphatic rings. The van der Waals surface area contributed by atoms with Gasteiger partial charge in [0.1, 0.15) is 0 Å². The summed E-state index contributed by atoms with van der Waals surface area (Å²) in [6.45, 7) is 2.92. The van der Waals surface area contributed by atoms with Gasteiger partial charge < -0.3 is 5.32 Å². The zero-order valence-electron chi connectivity index (χ0n) is 12.0. The first-order valence-electron chi connectivity index (χ1n) is 7.19. The number of nitro benzene ring substituents is 1. The summed E-state index contributed by atoms with van der Waals surface area (Å²) in [7, 11) is 0. The fourth-order valence-corrected chi connectivity index (χ4v) is 3.25. The summed E-state index contributed by atoms with van der Waals surface area (Å²) in [4.78, 5) is 22.5. The lowest BCUT2D eigenvalue weighted by atomic mass is 9.83. The van der Waals surface area contributed by atoms with E-state index in [0.29, 0.717) is 18.0 Å². The van der Waals surface area contributed by atoms with Crippen LogP contribution in [0.5, 0.6) is 0 Å². The van der Waals surface area contributed by atoms with Crippen molar-refractivity contribution >= 4 is 34.2 Å². The molecule has 0 unspecified atom stereocenters. The molecule has 0 heterocycles. The Kier molecular flexibility index (Phi) is 5.55. The van der Waals surface area contributed by atoms with Crippen molar-refractivity contribution in [1.82, 2.24) is 5.32 Å². The molecule has 1 N–H and O–H groups in total. The van der Waals surface area contributed by atoms with Crippen LogP contribution in [-0.2, 0) is 0 Å². The lowest BCUT2D eigenvalue weighted by molar-refractivity contribution is -0.384. The topological polar surface area (TPSA) is 72.2 Å². The number of benzene rings is 1. The van der Waals surface area contributed by atoms with E-state index < -0.39 is 4.92 Å². The van der Waals surface area contributed by atoms with Gasteiger partial charge in [-0.15, -0.1) is 0 Å². The molecule has 1 aromatic rings. The second kappa shape index (κ2) is 7.20. The molecule has 2 rings (SSSR count). The van der Waals surface area contributed by atoms with Crippen molar-refractivity contribution in [1.29, 1.82) is 0 Å². The van der Waals surface area contributed by atoms with Crippen LogP contribution in [0.3, 0.4) is 0 Å². The van der Waals surface area contributed by atoms with Gasteiger partial charge in [0.15, 0.2) is 0 Å². The summed E-state index contributed by atoms with van der Waals surface area (Å²) in [6, 6.07) is 4.37. The summed E-state index contributed by atoms with van der Waals surface area (Å²) in [5.74, 6) is 1.10. The Morgan fingerprint density at radius 2 is 2.05 bits per heavy atom. The minimum Gasteiger partial charge on any atom is -0.352 e. The van der Waals surface area contributed by atoms with E-state index in [-0.39, 0.29) is 11.6 Å². The zero-order chi connectivity index (χ0) is 15.4. The summed E-state index contributed by atoms with van der Waals surface area (Å²) in [5, 5.41) is 13.7. The molecule has 0 radical (unpaired) electrons. The van der Waals surface area contributed by atoms with Crippen LogP contribution in [-0.4, -0.2) is 17.4 Å². The lowest BCUT2D eigenvalue weighted by Gasteiger charge is -2.26. The third kappa shape index (κ3) is 4.39. The van der Waals surface area contributed by atoms with Crippen LogP contribution in [0.2, 0.25) is 0 Å². The minimum atomic E-state index is -0.477. The first kappa shape index (κ1) is 16.2. The normalized spacial score (nSPS) is 21.8. The van der Waals surface area contributed by atoms with Gasteiger partial charge >= 0.3 is 0 Å². The Hall–Kier alpha value is -1.18. The fourth-order valence-electron chi connectivity index (χ4n) is 2.67. The Bertz CT molecular complexity index is 540. The number of rotatable bonds is 4. The maximum absolute atomic E-state index is 12.2. The molecule has 0 saturated heterocycles. The predicted octanol–water partition coefficient (Wildman–Crippen LogP) is 3.76. The highest BCUT2D eigenvalue weighted by atomic mass is 127. The third-order valence-electron chi connectivity index (χ3n) is 4.09. The monoisotopic (exact) mass is 402 g/mol. The van der Waals surface area contributed by atoms with Crippen LogP contribution in [0.25, 0.3) is 0 Å². The smallest absolute Gasteiger partial charge is 0.270 e. The van der Waals surface area contributed by atoms with Crippen molar-refractivity contribution < 1.29 is 9.72 Å². The number of amides is 1. The van der Waals surface area contributed by atoms with E-state index in [9.17, 15) is 14.9 Å². The molecule has 1 aromatic carbocycles. The second-order valence-corrected chi connectivity index (χ2v) is 6.92. The summed E-state index contributed by atoms with van der Waals surface area (Å²) >= 11 is 2.03. The Morgan fingerprint density at radius 3 is 2.67 bits per heavy atom. The average molecular weight is 402 g/mol. The molecular weight excluding hydrogens is 383 g/mol. The van der Waals surface area contributed by atoms with Gasteiger partial charge in [-0.1, -0.05) is 19.8 Å². The van der Waals surface area contributed by atoms with Gasteiger partial charge in [0.2, 0.25) is 0 Å². The summed E-state index contributed by atoms with van der Waals surface area (Å²) in [5.41, 5.74) is 0.334. The molecular formula is C15H19IN2O3. The predicted molar refractivity (Wildman–Crippen MR) is 89.3 cm³/mol. The maximum atomic E-state index is 12.2. The second-order valence-electron chi connectivity index (χ2n) is 5.76. The van der Waals surface area contributed by atoms with E-state index in [0.717, 1.165) is 22.3 Å². The maximum Gasteiger partial charge on any atom is 0.270 e. The molecule has 0 bridgehead atoms. The molecule has 0 aromatic heterocycles. The van der Waals surface area contributed by atoms with Crippen LogP contribution in [0.15, 0.2) is 18.2 Å². The number of nitrogens with zero attached hydrogens (tertiary/aromatic N) is 1. The number of non-ortho nitro benzene ring substituents is 1. The first-order chi connectivity index (χ1) is 9.97. The highest BCUT2D eigenvalue weighted by Gasteiger charge is 2.20. The highest BCUT2D eigenvalue weighted by molar-refractivity contribution is 14.1. The van der Waals surface area contributed by atoms with E-state index in [1.165, 1.54) is 25.0 Å². The van der Waals surface area contributed by atoms with Gasteiger partial charge in [-0.05, 0) is 53.3 Å². The number of hydrogen-bond donors (Lipinski definition) is 1. The number of nitro groups is 1. The van der Waals surface area contributed by atoms with Gasteiger partial charge in [-0.2, -0.15) is 0 Å². The summed E-state index contributed by atoms with van der Waals surface area (Å²) in [6.07, 6.45) is 4.73. The minimum absolute atomic E-state index is 0.0490. The average Bonchev–Trinajstić information content (AvgIpc) is 2.46. The molecule has 21 heavy (non-hydrogen) atoms. The van der Waals surface area contributed by atoms with Crippen molar-refractivity contribution in [2.24, 2.45) is 11.8 Å². The molecule has 0 aliphatic heterocycles. The van der Waals surface area contributed by atoms with Crippen molar-refractivity contribution in [2.45, 2.75) is 32.6 Å². The molecule has 114 valence electrons. The van der Waals surface area contributed by atoms with Crippen molar-refractivity contribution in [2.75, 3.05) is 6.54 Å². The molecule has 5 nitrogen and oxygen atoms in total. The molecule has 0 atom stereocenters. The van der Waals surface area contributed by atoms with Crippen molar-refractivity contribution in [3.63, 3.8) is 0 Å². The van der Waals surface area contributed by atoms with Crippen LogP contribution in [0.1, 0.15) is 43.0 Å². The van der Waals surface area contributed by atoms with Crippen molar-refractivity contribution in [3.8, 4) is 0 Å². The SMILES string of the molecule is CC1CCC(CNC(=O)c2cc([N+](=O)[O-])ccc2I)CC1. The Labute approximate surface area is 137 Å². The number of halogens is 1. The van der Waals surface area contributed by atoms with E-state index in [1.54, 1.807) is 6.07 Å². The highest BCUT2D eigenvalue weighted by Crippen LogP contribution is 2.28. The standard InChI is InChI=1S/C15H19IN2O3/c1-10-2-4-11(5-3-10)9-17-15(19)13-8-12(18(20)21)6-7-14(13)16/h6-8,10-11H,2-5,9H2,1H3,(H,17,19). The number of carbonyl (C=O) groups is 1. The van der Waals surface area contributed by atoms with Crippen LogP contribution < -0.4 is 5.32 Å². The lowest BCUT2D eigenvalue weighted by Crippen LogP contribution is -2.31. The number of nitrogens with one attached hydrogen (secondary N) is 1. The number of carbonyl (C=O) groups excluding carboxylic acids is 1. The van der Waals surface area contributed by atoms with Crippen molar-refractivity contribution in [3.05, 3.63) is 37.4 Å². The fraction of sp³-hybridized carbons (Fsp3) is 0.533. The quantitative estimate of drug-likeness (QED) is 0.474. The molecule has 1 aliphatic carbocycles. The van der Waals surface area contributed by atoms with Crippen LogP contribution in [0.4, 0.5) is 5.69 Å². The Balaban J connectivity index is 1.97. The first-order valence-corrected chi connectivity index (χ1v) is 8.27. The van der Waals surface area contributed by atoms with Gasteiger partial charge in [-0.3, -0.25) is 14.9 Å². The molecule has 1 amide bonds. The van der Waals surface area contributed by atoms with E-state index in [1.807, 2.05) is 22.6 Å². The number of hydrogen-bond acceptors (Lipinski definition) is 3. The van der Waals surface area contributed by atoms with E-state index in [4.69, 9.17) is 0 Å². The molecule has 1 saturated carbocycles. The summed E-state index contributed by atoms with van der Waals surface area (Å²) < 4.78 is 0.730.